The normalized spacial score (nSPS) is 11.3. The van der Waals surface area contributed by atoms with Crippen molar-refractivity contribution in [3.63, 3.8) is 0 Å². The Morgan fingerprint density at radius 3 is 2.55 bits per heavy atom. The fourth-order valence-electron chi connectivity index (χ4n) is 1.82. The Bertz CT molecular complexity index is 540. The molecule has 6 heteroatoms. The molecule has 0 aliphatic carbocycles. The number of sulfonamides is 1. The molecule has 1 N–H and O–H groups in total. The van der Waals surface area contributed by atoms with Crippen LogP contribution in [0, 0.1) is 6.92 Å². The third-order valence-corrected chi connectivity index (χ3v) is 4.58. The highest BCUT2D eigenvalue weighted by Gasteiger charge is 2.14. The molecule has 0 heterocycles. The van der Waals surface area contributed by atoms with Gasteiger partial charge in [-0.3, -0.25) is 4.79 Å². The molecule has 0 aliphatic rings. The van der Waals surface area contributed by atoms with Crippen molar-refractivity contribution < 1.29 is 17.9 Å². The van der Waals surface area contributed by atoms with Gasteiger partial charge in [-0.1, -0.05) is 24.6 Å². The van der Waals surface area contributed by atoms with E-state index in [1.54, 1.807) is 31.2 Å². The van der Waals surface area contributed by atoms with E-state index in [0.29, 0.717) is 30.7 Å². The molecular weight excluding hydrogens is 278 g/mol. The third-order valence-electron chi connectivity index (χ3n) is 2.96. The molecule has 0 aromatic heterocycles. The van der Waals surface area contributed by atoms with Crippen LogP contribution in [-0.2, 0) is 19.6 Å². The van der Waals surface area contributed by atoms with Gasteiger partial charge < -0.3 is 4.74 Å². The Kier molecular flexibility index (Phi) is 6.67. The van der Waals surface area contributed by atoms with E-state index in [-0.39, 0.29) is 5.97 Å². The fourth-order valence-corrected chi connectivity index (χ4v) is 3.13. The maximum Gasteiger partial charge on any atom is 0.305 e. The van der Waals surface area contributed by atoms with E-state index in [1.165, 1.54) is 7.11 Å². The monoisotopic (exact) mass is 299 g/mol. The van der Waals surface area contributed by atoms with Gasteiger partial charge in [-0.05, 0) is 31.4 Å². The van der Waals surface area contributed by atoms with Crippen LogP contribution in [0.4, 0.5) is 0 Å². The first-order chi connectivity index (χ1) is 9.47. The second-order valence-corrected chi connectivity index (χ2v) is 6.29. The van der Waals surface area contributed by atoms with Crippen LogP contribution in [0.2, 0.25) is 0 Å². The van der Waals surface area contributed by atoms with Gasteiger partial charge in [0.1, 0.15) is 0 Å². The summed E-state index contributed by atoms with van der Waals surface area (Å²) in [5.74, 6) is -0.231. The second kappa shape index (κ2) is 8.01. The predicted molar refractivity (Wildman–Crippen MR) is 76.9 cm³/mol. The number of carbonyl (C=O) groups is 1. The summed E-state index contributed by atoms with van der Waals surface area (Å²) in [6.45, 7) is 2.14. The molecule has 0 bridgehead atoms. The van der Waals surface area contributed by atoms with Crippen LogP contribution in [-0.4, -0.2) is 28.0 Å². The maximum absolute atomic E-state index is 12.1. The average molecular weight is 299 g/mol. The first kappa shape index (κ1) is 16.7. The number of esters is 1. The van der Waals surface area contributed by atoms with Gasteiger partial charge in [0.15, 0.2) is 0 Å². The van der Waals surface area contributed by atoms with Crippen LogP contribution < -0.4 is 4.72 Å². The predicted octanol–water partition coefficient (Wildman–Crippen LogP) is 2.01. The molecule has 0 aliphatic heterocycles. The van der Waals surface area contributed by atoms with E-state index in [1.807, 2.05) is 0 Å². The molecule has 0 unspecified atom stereocenters. The summed E-state index contributed by atoms with van der Waals surface area (Å²) in [5, 5.41) is 0. The van der Waals surface area contributed by atoms with Gasteiger partial charge in [0, 0.05) is 13.0 Å². The van der Waals surface area contributed by atoms with Gasteiger partial charge in [-0.25, -0.2) is 13.1 Å². The Morgan fingerprint density at radius 1 is 1.20 bits per heavy atom. The number of carbonyl (C=O) groups excluding carboxylic acids is 1. The number of unbranched alkanes of at least 4 members (excludes halogenated alkanes) is 2. The van der Waals surface area contributed by atoms with Crippen molar-refractivity contribution in [2.75, 3.05) is 13.7 Å². The number of methoxy groups -OCH3 is 1. The molecule has 0 amide bonds. The minimum atomic E-state index is -3.44. The number of ether oxygens (including phenoxy) is 1. The van der Waals surface area contributed by atoms with Gasteiger partial charge in [0.05, 0.1) is 12.0 Å². The summed E-state index contributed by atoms with van der Waals surface area (Å²) in [6.07, 6.45) is 2.56. The van der Waals surface area contributed by atoms with E-state index in [4.69, 9.17) is 0 Å². The Balaban J connectivity index is 2.35. The summed E-state index contributed by atoms with van der Waals surface area (Å²) in [7, 11) is -2.08. The number of aryl methyl sites for hydroxylation is 1. The van der Waals surface area contributed by atoms with Gasteiger partial charge in [-0.2, -0.15) is 0 Å². The first-order valence-corrected chi connectivity index (χ1v) is 8.08. The average Bonchev–Trinajstić information content (AvgIpc) is 2.42. The number of hydrogen-bond acceptors (Lipinski definition) is 4. The summed E-state index contributed by atoms with van der Waals surface area (Å²) >= 11 is 0. The van der Waals surface area contributed by atoms with E-state index < -0.39 is 10.0 Å². The Morgan fingerprint density at radius 2 is 1.90 bits per heavy atom. The molecule has 5 nitrogen and oxygen atoms in total. The van der Waals surface area contributed by atoms with Gasteiger partial charge in [0.2, 0.25) is 10.0 Å². The lowest BCUT2D eigenvalue weighted by Crippen LogP contribution is -2.25. The van der Waals surface area contributed by atoms with Crippen molar-refractivity contribution in [3.8, 4) is 0 Å². The Hall–Kier alpha value is -1.40. The quantitative estimate of drug-likeness (QED) is 0.588. The molecule has 1 rings (SSSR count). The van der Waals surface area contributed by atoms with Gasteiger partial charge >= 0.3 is 5.97 Å². The molecule has 0 saturated carbocycles. The molecule has 0 spiro atoms. The van der Waals surface area contributed by atoms with Crippen molar-refractivity contribution in [2.45, 2.75) is 37.5 Å². The molecule has 112 valence electrons. The zero-order valence-electron chi connectivity index (χ0n) is 11.9. The highest BCUT2D eigenvalue weighted by atomic mass is 32.2. The zero-order chi connectivity index (χ0) is 15.0. The number of hydrogen-bond donors (Lipinski definition) is 1. The summed E-state index contributed by atoms with van der Waals surface area (Å²) in [5.41, 5.74) is 0.727. The highest BCUT2D eigenvalue weighted by molar-refractivity contribution is 7.89. The summed E-state index contributed by atoms with van der Waals surface area (Å²) in [4.78, 5) is 11.2. The second-order valence-electron chi connectivity index (χ2n) is 4.55. The van der Waals surface area contributed by atoms with E-state index in [9.17, 15) is 13.2 Å². The van der Waals surface area contributed by atoms with Gasteiger partial charge in [0.25, 0.3) is 0 Å². The number of benzene rings is 1. The van der Waals surface area contributed by atoms with Crippen molar-refractivity contribution >= 4 is 16.0 Å². The van der Waals surface area contributed by atoms with Crippen LogP contribution in [0.3, 0.4) is 0 Å². The minimum Gasteiger partial charge on any atom is -0.469 e. The molecule has 20 heavy (non-hydrogen) atoms. The summed E-state index contributed by atoms with van der Waals surface area (Å²) in [6, 6.07) is 6.87. The van der Waals surface area contributed by atoms with E-state index in [2.05, 4.69) is 9.46 Å². The highest BCUT2D eigenvalue weighted by Crippen LogP contribution is 2.13. The number of nitrogens with one attached hydrogen (secondary N) is 1. The molecule has 1 aromatic rings. The standard InChI is InChI=1S/C14H21NO4S/c1-12-8-5-6-9-13(12)20(17,18)15-11-7-3-4-10-14(16)19-2/h5-6,8-9,15H,3-4,7,10-11H2,1-2H3. The summed E-state index contributed by atoms with van der Waals surface area (Å²) < 4.78 is 31.2. The first-order valence-electron chi connectivity index (χ1n) is 6.59. The van der Waals surface area contributed by atoms with E-state index in [0.717, 1.165) is 12.0 Å². The van der Waals surface area contributed by atoms with E-state index >= 15 is 0 Å². The van der Waals surface area contributed by atoms with Crippen LogP contribution >= 0.6 is 0 Å². The SMILES string of the molecule is COC(=O)CCCCCNS(=O)(=O)c1ccccc1C. The third kappa shape index (κ3) is 5.30. The maximum atomic E-state index is 12.1. The molecule has 0 fully saturated rings. The lowest BCUT2D eigenvalue weighted by Gasteiger charge is -2.08. The van der Waals surface area contributed by atoms with Crippen LogP contribution in [0.15, 0.2) is 29.2 Å². The van der Waals surface area contributed by atoms with Crippen molar-refractivity contribution in [1.29, 1.82) is 0 Å². The fraction of sp³-hybridized carbons (Fsp3) is 0.500. The van der Waals surface area contributed by atoms with Crippen LogP contribution in [0.5, 0.6) is 0 Å². The Labute approximate surface area is 120 Å². The van der Waals surface area contributed by atoms with Crippen LogP contribution in [0.1, 0.15) is 31.2 Å². The molecule has 0 radical (unpaired) electrons. The molecular formula is C14H21NO4S. The largest absolute Gasteiger partial charge is 0.469 e. The lowest BCUT2D eigenvalue weighted by atomic mass is 10.2. The molecule has 0 atom stereocenters. The topological polar surface area (TPSA) is 72.5 Å². The van der Waals surface area contributed by atoms with Crippen molar-refractivity contribution in [3.05, 3.63) is 29.8 Å². The van der Waals surface area contributed by atoms with Gasteiger partial charge in [-0.15, -0.1) is 0 Å². The minimum absolute atomic E-state index is 0.231. The van der Waals surface area contributed by atoms with Crippen molar-refractivity contribution in [1.82, 2.24) is 4.72 Å². The van der Waals surface area contributed by atoms with Crippen molar-refractivity contribution in [2.24, 2.45) is 0 Å². The smallest absolute Gasteiger partial charge is 0.305 e. The molecule has 0 saturated heterocycles. The molecule has 1 aromatic carbocycles. The number of rotatable bonds is 8. The zero-order valence-corrected chi connectivity index (χ0v) is 12.7. The lowest BCUT2D eigenvalue weighted by molar-refractivity contribution is -0.140. The van der Waals surface area contributed by atoms with Crippen LogP contribution in [0.25, 0.3) is 0 Å².